The van der Waals surface area contributed by atoms with E-state index in [4.69, 9.17) is 10.5 Å². The predicted octanol–water partition coefficient (Wildman–Crippen LogP) is 1.59. The van der Waals surface area contributed by atoms with Crippen molar-refractivity contribution in [2.45, 2.75) is 6.54 Å². The summed E-state index contributed by atoms with van der Waals surface area (Å²) in [7, 11) is 0. The van der Waals surface area contributed by atoms with Gasteiger partial charge in [0, 0.05) is 18.7 Å². The number of nitrogens with zero attached hydrogens (tertiary/aromatic N) is 2. The van der Waals surface area contributed by atoms with E-state index in [1.165, 1.54) is 6.07 Å². The summed E-state index contributed by atoms with van der Waals surface area (Å²) in [6.07, 6.45) is 0. The molecule has 1 aromatic rings. The molecule has 0 bridgehead atoms. The highest BCUT2D eigenvalue weighted by atomic mass is 127. The van der Waals surface area contributed by atoms with Gasteiger partial charge in [-0.15, -0.1) is 24.0 Å². The minimum absolute atomic E-state index is 0. The lowest BCUT2D eigenvalue weighted by Crippen LogP contribution is -2.44. The van der Waals surface area contributed by atoms with E-state index in [9.17, 15) is 4.39 Å². The molecule has 1 aliphatic heterocycles. The molecule has 0 radical (unpaired) electrons. The van der Waals surface area contributed by atoms with Gasteiger partial charge in [-0.05, 0) is 6.07 Å². The molecule has 1 aliphatic rings. The number of guanidine groups is 1. The Labute approximate surface area is 123 Å². The highest BCUT2D eigenvalue weighted by Gasteiger charge is 2.12. The van der Waals surface area contributed by atoms with Crippen molar-refractivity contribution < 1.29 is 9.13 Å². The normalized spacial score (nSPS) is 16.3. The van der Waals surface area contributed by atoms with Crippen LogP contribution in [0, 0.1) is 5.82 Å². The summed E-state index contributed by atoms with van der Waals surface area (Å²) < 4.78 is 18.6. The van der Waals surface area contributed by atoms with Crippen molar-refractivity contribution in [2.75, 3.05) is 26.3 Å². The lowest BCUT2D eigenvalue weighted by Gasteiger charge is -2.27. The molecule has 0 aliphatic carbocycles. The molecule has 0 spiro atoms. The van der Waals surface area contributed by atoms with Crippen molar-refractivity contribution in [1.29, 1.82) is 0 Å². The molecular weight excluding hydrogens is 348 g/mol. The maximum absolute atomic E-state index is 13.3. The number of hydrogen-bond acceptors (Lipinski definition) is 2. The zero-order chi connectivity index (χ0) is 12.1. The van der Waals surface area contributed by atoms with Gasteiger partial charge < -0.3 is 15.4 Å². The summed E-state index contributed by atoms with van der Waals surface area (Å²) in [5.41, 5.74) is 6.40. The molecule has 4 nitrogen and oxygen atoms in total. The first-order chi connectivity index (χ1) is 8.27. The lowest BCUT2D eigenvalue weighted by atomic mass is 10.2. The van der Waals surface area contributed by atoms with Crippen LogP contribution in [0.5, 0.6) is 0 Å². The molecular formula is C12H17FIN3O. The molecule has 2 rings (SSSR count). The Hall–Kier alpha value is -0.890. The highest BCUT2D eigenvalue weighted by molar-refractivity contribution is 14.0. The summed E-state index contributed by atoms with van der Waals surface area (Å²) in [6.45, 7) is 3.08. The van der Waals surface area contributed by atoms with E-state index in [1.807, 2.05) is 4.90 Å². The van der Waals surface area contributed by atoms with Crippen molar-refractivity contribution in [2.24, 2.45) is 10.7 Å². The third-order valence-corrected chi connectivity index (χ3v) is 2.70. The van der Waals surface area contributed by atoms with E-state index < -0.39 is 0 Å². The van der Waals surface area contributed by atoms with Crippen molar-refractivity contribution in [3.63, 3.8) is 0 Å². The molecule has 0 atom stereocenters. The fourth-order valence-corrected chi connectivity index (χ4v) is 1.69. The number of nitrogens with two attached hydrogens (primary N) is 1. The summed E-state index contributed by atoms with van der Waals surface area (Å²) in [5, 5.41) is 0. The van der Waals surface area contributed by atoms with Crippen molar-refractivity contribution in [1.82, 2.24) is 4.90 Å². The van der Waals surface area contributed by atoms with Gasteiger partial charge in [-0.1, -0.05) is 18.2 Å². The number of morpholine rings is 1. The fraction of sp³-hybridized carbons (Fsp3) is 0.417. The summed E-state index contributed by atoms with van der Waals surface area (Å²) >= 11 is 0. The standard InChI is InChI=1S/C12H16FN3O.HI/c13-11-4-2-1-3-10(11)9-15-12(14)16-5-7-17-8-6-16;/h1-4H,5-9H2,(H2,14,15);1H. The predicted molar refractivity (Wildman–Crippen MR) is 79.5 cm³/mol. The second-order valence-corrected chi connectivity index (χ2v) is 3.87. The Morgan fingerprint density at radius 2 is 2.00 bits per heavy atom. The number of benzene rings is 1. The SMILES string of the molecule is I.NC(=NCc1ccccc1F)N1CCOCC1. The summed E-state index contributed by atoms with van der Waals surface area (Å²) in [4.78, 5) is 6.15. The quantitative estimate of drug-likeness (QED) is 0.492. The van der Waals surface area contributed by atoms with Crippen LogP contribution in [0.25, 0.3) is 0 Å². The van der Waals surface area contributed by atoms with Crippen LogP contribution in [0.1, 0.15) is 5.56 Å². The molecule has 1 fully saturated rings. The van der Waals surface area contributed by atoms with Crippen LogP contribution in [-0.2, 0) is 11.3 Å². The van der Waals surface area contributed by atoms with Gasteiger partial charge in [0.25, 0.3) is 0 Å². The van der Waals surface area contributed by atoms with Gasteiger partial charge in [-0.2, -0.15) is 0 Å². The molecule has 0 aromatic heterocycles. The van der Waals surface area contributed by atoms with E-state index in [-0.39, 0.29) is 36.3 Å². The van der Waals surface area contributed by atoms with Crippen LogP contribution in [0.4, 0.5) is 4.39 Å². The lowest BCUT2D eigenvalue weighted by molar-refractivity contribution is 0.0674. The number of rotatable bonds is 2. The first-order valence-electron chi connectivity index (χ1n) is 5.63. The monoisotopic (exact) mass is 365 g/mol. The van der Waals surface area contributed by atoms with Crippen molar-refractivity contribution in [3.05, 3.63) is 35.6 Å². The Morgan fingerprint density at radius 3 is 2.67 bits per heavy atom. The van der Waals surface area contributed by atoms with Crippen LogP contribution in [-0.4, -0.2) is 37.2 Å². The number of ether oxygens (including phenoxy) is 1. The molecule has 6 heteroatoms. The minimum atomic E-state index is -0.244. The maximum atomic E-state index is 13.3. The Balaban J connectivity index is 0.00000162. The number of hydrogen-bond donors (Lipinski definition) is 1. The third-order valence-electron chi connectivity index (χ3n) is 2.70. The molecule has 0 amide bonds. The van der Waals surface area contributed by atoms with E-state index in [2.05, 4.69) is 4.99 Å². The van der Waals surface area contributed by atoms with Gasteiger partial charge >= 0.3 is 0 Å². The van der Waals surface area contributed by atoms with Gasteiger partial charge in [0.05, 0.1) is 19.8 Å². The van der Waals surface area contributed by atoms with Gasteiger partial charge in [0.2, 0.25) is 0 Å². The maximum Gasteiger partial charge on any atom is 0.191 e. The minimum Gasteiger partial charge on any atom is -0.378 e. The van der Waals surface area contributed by atoms with E-state index in [0.717, 1.165) is 13.1 Å². The molecule has 0 unspecified atom stereocenters. The smallest absolute Gasteiger partial charge is 0.191 e. The Kier molecular flexibility index (Phi) is 6.34. The Bertz CT molecular complexity index is 408. The first-order valence-corrected chi connectivity index (χ1v) is 5.63. The molecule has 1 heterocycles. The van der Waals surface area contributed by atoms with Gasteiger partial charge in [0.1, 0.15) is 5.82 Å². The van der Waals surface area contributed by atoms with E-state index >= 15 is 0 Å². The summed E-state index contributed by atoms with van der Waals surface area (Å²) in [6, 6.07) is 6.59. The Morgan fingerprint density at radius 1 is 1.33 bits per heavy atom. The van der Waals surface area contributed by atoms with Crippen LogP contribution in [0.3, 0.4) is 0 Å². The number of aliphatic imine (C=N–C) groups is 1. The number of halogens is 2. The zero-order valence-corrected chi connectivity index (χ0v) is 12.3. The zero-order valence-electron chi connectivity index (χ0n) is 10.0. The average molecular weight is 365 g/mol. The second-order valence-electron chi connectivity index (χ2n) is 3.87. The first kappa shape index (κ1) is 15.2. The average Bonchev–Trinajstić information content (AvgIpc) is 2.38. The van der Waals surface area contributed by atoms with E-state index in [1.54, 1.807) is 18.2 Å². The molecule has 1 saturated heterocycles. The highest BCUT2D eigenvalue weighted by Crippen LogP contribution is 2.07. The van der Waals surface area contributed by atoms with E-state index in [0.29, 0.717) is 24.7 Å². The van der Waals surface area contributed by atoms with Crippen LogP contribution < -0.4 is 5.73 Å². The van der Waals surface area contributed by atoms with Gasteiger partial charge in [0.15, 0.2) is 5.96 Å². The summed E-state index contributed by atoms with van der Waals surface area (Å²) in [5.74, 6) is 0.211. The molecule has 1 aromatic carbocycles. The van der Waals surface area contributed by atoms with Gasteiger partial charge in [-0.3, -0.25) is 0 Å². The largest absolute Gasteiger partial charge is 0.378 e. The van der Waals surface area contributed by atoms with Crippen LogP contribution >= 0.6 is 24.0 Å². The topological polar surface area (TPSA) is 50.8 Å². The third kappa shape index (κ3) is 4.09. The van der Waals surface area contributed by atoms with Crippen molar-refractivity contribution in [3.8, 4) is 0 Å². The molecule has 2 N–H and O–H groups in total. The van der Waals surface area contributed by atoms with Crippen LogP contribution in [0.15, 0.2) is 29.3 Å². The van der Waals surface area contributed by atoms with Gasteiger partial charge in [-0.25, -0.2) is 9.38 Å². The second kappa shape index (κ2) is 7.52. The van der Waals surface area contributed by atoms with Crippen molar-refractivity contribution >= 4 is 29.9 Å². The fourth-order valence-electron chi connectivity index (χ4n) is 1.69. The van der Waals surface area contributed by atoms with Crippen LogP contribution in [0.2, 0.25) is 0 Å². The molecule has 0 saturated carbocycles. The molecule has 100 valence electrons. The molecule has 18 heavy (non-hydrogen) atoms.